The van der Waals surface area contributed by atoms with Gasteiger partial charge in [0.25, 0.3) is 0 Å². The smallest absolute Gasteiger partial charge is 0.217 e. The van der Waals surface area contributed by atoms with Crippen LogP contribution in [0.4, 0.5) is 4.39 Å². The summed E-state index contributed by atoms with van der Waals surface area (Å²) >= 11 is 0. The highest BCUT2D eigenvalue weighted by Gasteiger charge is 2.22. The maximum Gasteiger partial charge on any atom is 0.217 e. The largest absolute Gasteiger partial charge is 0.390 e. The van der Waals surface area contributed by atoms with Gasteiger partial charge in [-0.2, -0.15) is 0 Å². The van der Waals surface area contributed by atoms with Crippen LogP contribution in [-0.4, -0.2) is 24.3 Å². The van der Waals surface area contributed by atoms with E-state index in [1.165, 1.54) is 19.1 Å². The van der Waals surface area contributed by atoms with E-state index in [1.807, 2.05) is 0 Å². The maximum atomic E-state index is 12.7. The molecule has 90 valence electrons. The molecule has 17 heavy (non-hydrogen) atoms. The Labute approximate surface area is 98.5 Å². The molecule has 0 aromatic heterocycles. The minimum atomic E-state index is -0.275. The first kappa shape index (κ1) is 11.6. The quantitative estimate of drug-likeness (QED) is 0.863. The second kappa shape index (κ2) is 4.95. The topological polar surface area (TPSA) is 50.7 Å². The molecule has 0 spiro atoms. The van der Waals surface area contributed by atoms with E-state index in [1.54, 1.807) is 12.1 Å². The first-order chi connectivity index (χ1) is 8.15. The average molecular weight is 236 g/mol. The van der Waals surface area contributed by atoms with Crippen LogP contribution in [-0.2, 0) is 9.63 Å². The number of nitrogens with one attached hydrogen (secondary N) is 1. The van der Waals surface area contributed by atoms with Gasteiger partial charge in [-0.05, 0) is 17.7 Å². The minimum absolute atomic E-state index is 0.0937. The molecule has 0 saturated carbocycles. The third kappa shape index (κ3) is 3.03. The van der Waals surface area contributed by atoms with E-state index < -0.39 is 0 Å². The molecule has 1 N–H and O–H groups in total. The lowest BCUT2D eigenvalue weighted by molar-refractivity contribution is -0.119. The summed E-state index contributed by atoms with van der Waals surface area (Å²) in [6, 6.07) is 6.11. The Morgan fingerprint density at radius 1 is 1.53 bits per heavy atom. The standard InChI is InChI=1S/C12H13FN2O2/c1-8(16)14-7-11-6-12(15-17-11)9-2-4-10(13)5-3-9/h2-5,11H,6-7H2,1H3,(H,14,16). The Balaban J connectivity index is 1.93. The van der Waals surface area contributed by atoms with Gasteiger partial charge in [-0.25, -0.2) is 4.39 Å². The first-order valence-electron chi connectivity index (χ1n) is 5.38. The zero-order valence-electron chi connectivity index (χ0n) is 9.44. The minimum Gasteiger partial charge on any atom is -0.390 e. The van der Waals surface area contributed by atoms with Crippen molar-refractivity contribution < 1.29 is 14.0 Å². The molecule has 2 rings (SSSR count). The Hall–Kier alpha value is -1.91. The summed E-state index contributed by atoms with van der Waals surface area (Å²) in [5.74, 6) is -0.369. The van der Waals surface area contributed by atoms with E-state index in [2.05, 4.69) is 10.5 Å². The molecule has 1 atom stereocenters. The van der Waals surface area contributed by atoms with E-state index in [0.717, 1.165) is 11.3 Å². The Bertz CT molecular complexity index is 442. The number of benzene rings is 1. The Morgan fingerprint density at radius 3 is 2.88 bits per heavy atom. The van der Waals surface area contributed by atoms with Crippen molar-refractivity contribution in [2.75, 3.05) is 6.54 Å². The molecule has 0 bridgehead atoms. The van der Waals surface area contributed by atoms with Gasteiger partial charge in [-0.3, -0.25) is 4.79 Å². The van der Waals surface area contributed by atoms with E-state index in [4.69, 9.17) is 4.84 Å². The summed E-state index contributed by atoms with van der Waals surface area (Å²) in [5.41, 5.74) is 1.62. The fourth-order valence-electron chi connectivity index (χ4n) is 1.61. The molecule has 1 amide bonds. The predicted molar refractivity (Wildman–Crippen MR) is 61.1 cm³/mol. The normalized spacial score (nSPS) is 18.5. The number of oxime groups is 1. The molecule has 0 radical (unpaired) electrons. The van der Waals surface area contributed by atoms with Crippen LogP contribution in [0.5, 0.6) is 0 Å². The number of hydrogen-bond donors (Lipinski definition) is 1. The molecule has 1 aromatic rings. The van der Waals surface area contributed by atoms with Gasteiger partial charge in [0, 0.05) is 13.3 Å². The van der Waals surface area contributed by atoms with Crippen LogP contribution in [0.15, 0.2) is 29.4 Å². The van der Waals surface area contributed by atoms with Crippen molar-refractivity contribution in [1.82, 2.24) is 5.32 Å². The van der Waals surface area contributed by atoms with E-state index in [0.29, 0.717) is 13.0 Å². The van der Waals surface area contributed by atoms with Crippen molar-refractivity contribution in [3.05, 3.63) is 35.6 Å². The van der Waals surface area contributed by atoms with Crippen LogP contribution in [0.2, 0.25) is 0 Å². The van der Waals surface area contributed by atoms with Crippen molar-refractivity contribution in [2.45, 2.75) is 19.4 Å². The highest BCUT2D eigenvalue weighted by atomic mass is 19.1. The van der Waals surface area contributed by atoms with Gasteiger partial charge in [-0.15, -0.1) is 0 Å². The zero-order chi connectivity index (χ0) is 12.3. The van der Waals surface area contributed by atoms with Gasteiger partial charge in [0.2, 0.25) is 5.91 Å². The summed E-state index contributed by atoms with van der Waals surface area (Å²) in [6.07, 6.45) is 0.477. The lowest BCUT2D eigenvalue weighted by Crippen LogP contribution is -2.30. The van der Waals surface area contributed by atoms with Crippen molar-refractivity contribution in [1.29, 1.82) is 0 Å². The molecule has 1 aliphatic heterocycles. The van der Waals surface area contributed by atoms with Gasteiger partial charge in [0.1, 0.15) is 11.9 Å². The molecular weight excluding hydrogens is 223 g/mol. The monoisotopic (exact) mass is 236 g/mol. The van der Waals surface area contributed by atoms with Crippen LogP contribution < -0.4 is 5.32 Å². The first-order valence-corrected chi connectivity index (χ1v) is 5.38. The van der Waals surface area contributed by atoms with Crippen molar-refractivity contribution in [3.8, 4) is 0 Å². The summed E-state index contributed by atoms with van der Waals surface area (Å²) in [7, 11) is 0. The lowest BCUT2D eigenvalue weighted by Gasteiger charge is -2.07. The molecule has 1 aromatic carbocycles. The number of amides is 1. The number of halogens is 1. The molecule has 4 nitrogen and oxygen atoms in total. The van der Waals surface area contributed by atoms with Crippen LogP contribution in [0.25, 0.3) is 0 Å². The van der Waals surface area contributed by atoms with Crippen LogP contribution in [0.3, 0.4) is 0 Å². The fourth-order valence-corrected chi connectivity index (χ4v) is 1.61. The fraction of sp³-hybridized carbons (Fsp3) is 0.333. The summed E-state index contributed by atoms with van der Waals surface area (Å²) in [6.45, 7) is 1.89. The molecule has 1 unspecified atom stereocenters. The number of rotatable bonds is 3. The van der Waals surface area contributed by atoms with Gasteiger partial charge < -0.3 is 10.2 Å². The van der Waals surface area contributed by atoms with Crippen LogP contribution in [0, 0.1) is 5.82 Å². The lowest BCUT2D eigenvalue weighted by atomic mass is 10.1. The Morgan fingerprint density at radius 2 is 2.24 bits per heavy atom. The SMILES string of the molecule is CC(=O)NCC1CC(c2ccc(F)cc2)=NO1. The highest BCUT2D eigenvalue weighted by Crippen LogP contribution is 2.16. The van der Waals surface area contributed by atoms with Crippen molar-refractivity contribution >= 4 is 11.6 Å². The number of hydrogen-bond acceptors (Lipinski definition) is 3. The molecule has 0 fully saturated rings. The molecular formula is C12H13FN2O2. The number of nitrogens with zero attached hydrogens (tertiary/aromatic N) is 1. The highest BCUT2D eigenvalue weighted by molar-refractivity contribution is 6.01. The van der Waals surface area contributed by atoms with Gasteiger partial charge in [-0.1, -0.05) is 17.3 Å². The summed E-state index contributed by atoms with van der Waals surface area (Å²) in [5, 5.41) is 6.61. The molecule has 0 saturated heterocycles. The molecule has 1 heterocycles. The number of carbonyl (C=O) groups is 1. The van der Waals surface area contributed by atoms with Crippen molar-refractivity contribution in [3.63, 3.8) is 0 Å². The molecule has 0 aliphatic carbocycles. The molecule has 1 aliphatic rings. The van der Waals surface area contributed by atoms with E-state index >= 15 is 0 Å². The summed E-state index contributed by atoms with van der Waals surface area (Å²) in [4.78, 5) is 15.9. The Kier molecular flexibility index (Phi) is 3.37. The van der Waals surface area contributed by atoms with Gasteiger partial charge in [0.05, 0.1) is 12.3 Å². The average Bonchev–Trinajstić information content (AvgIpc) is 2.76. The van der Waals surface area contributed by atoms with E-state index in [-0.39, 0.29) is 17.8 Å². The van der Waals surface area contributed by atoms with Crippen LogP contribution in [0.1, 0.15) is 18.9 Å². The van der Waals surface area contributed by atoms with Gasteiger partial charge >= 0.3 is 0 Å². The maximum absolute atomic E-state index is 12.7. The van der Waals surface area contributed by atoms with Crippen molar-refractivity contribution in [2.24, 2.45) is 5.16 Å². The molecule has 5 heteroatoms. The second-order valence-corrected chi connectivity index (χ2v) is 3.91. The third-order valence-corrected chi connectivity index (χ3v) is 2.49. The third-order valence-electron chi connectivity index (χ3n) is 2.49. The number of carbonyl (C=O) groups excluding carboxylic acids is 1. The van der Waals surface area contributed by atoms with Crippen LogP contribution >= 0.6 is 0 Å². The summed E-state index contributed by atoms with van der Waals surface area (Å²) < 4.78 is 12.7. The predicted octanol–water partition coefficient (Wildman–Crippen LogP) is 1.45. The van der Waals surface area contributed by atoms with Gasteiger partial charge in [0.15, 0.2) is 0 Å². The second-order valence-electron chi connectivity index (χ2n) is 3.91. The zero-order valence-corrected chi connectivity index (χ0v) is 9.44. The van der Waals surface area contributed by atoms with E-state index in [9.17, 15) is 9.18 Å².